The van der Waals surface area contributed by atoms with Crippen molar-refractivity contribution < 1.29 is 0 Å². The first-order valence-corrected chi connectivity index (χ1v) is 7.46. The normalized spacial score (nSPS) is 15.2. The van der Waals surface area contributed by atoms with Crippen LogP contribution in [0.25, 0.3) is 9.88 Å². The number of hydrogen-bond acceptors (Lipinski definition) is 6. The molecule has 6 heteroatoms. The summed E-state index contributed by atoms with van der Waals surface area (Å²) in [5.41, 5.74) is 1.18. The van der Waals surface area contributed by atoms with Gasteiger partial charge in [0.25, 0.3) is 0 Å². The largest absolute Gasteiger partial charge is 0.363 e. The number of thiazole rings is 1. The topological polar surface area (TPSA) is 50.7 Å². The van der Waals surface area contributed by atoms with E-state index in [9.17, 15) is 0 Å². The van der Waals surface area contributed by atoms with Gasteiger partial charge >= 0.3 is 0 Å². The smallest absolute Gasteiger partial charge is 0.205 e. The van der Waals surface area contributed by atoms with Crippen LogP contribution in [0.3, 0.4) is 0 Å². The van der Waals surface area contributed by atoms with E-state index in [-0.39, 0.29) is 0 Å². The van der Waals surface area contributed by atoms with E-state index < -0.39 is 0 Å². The number of nitrogens with zero attached hydrogens (tertiary/aromatic N) is 3. The Morgan fingerprint density at radius 2 is 2.12 bits per heavy atom. The van der Waals surface area contributed by atoms with E-state index in [1.807, 2.05) is 7.05 Å². The average Bonchev–Trinajstić information content (AvgIpc) is 2.95. The zero-order valence-electron chi connectivity index (χ0n) is 9.86. The molecule has 90 valence electrons. The van der Waals surface area contributed by atoms with Gasteiger partial charge in [0.15, 0.2) is 5.01 Å². The standard InChI is InChI=1S/C11H14N4S2/c1-3-7-8(10-14-15-11(12-2)17-10)16-9(13-7)6-4-5-6/h6H,3-5H2,1-2H3,(H,12,15). The summed E-state index contributed by atoms with van der Waals surface area (Å²) >= 11 is 3.40. The van der Waals surface area contributed by atoms with Crippen molar-refractivity contribution in [3.8, 4) is 9.88 Å². The highest BCUT2D eigenvalue weighted by atomic mass is 32.1. The zero-order chi connectivity index (χ0) is 11.8. The van der Waals surface area contributed by atoms with Gasteiger partial charge in [0, 0.05) is 13.0 Å². The Bertz CT molecular complexity index is 527. The van der Waals surface area contributed by atoms with E-state index in [0.29, 0.717) is 0 Å². The summed E-state index contributed by atoms with van der Waals surface area (Å²) in [7, 11) is 1.87. The molecular formula is C11H14N4S2. The maximum Gasteiger partial charge on any atom is 0.205 e. The fraction of sp³-hybridized carbons (Fsp3) is 0.545. The molecule has 17 heavy (non-hydrogen) atoms. The van der Waals surface area contributed by atoms with E-state index >= 15 is 0 Å². The van der Waals surface area contributed by atoms with Crippen LogP contribution in [0.5, 0.6) is 0 Å². The van der Waals surface area contributed by atoms with Gasteiger partial charge in [-0.3, -0.25) is 0 Å². The van der Waals surface area contributed by atoms with E-state index in [0.717, 1.165) is 22.5 Å². The number of hydrogen-bond donors (Lipinski definition) is 1. The number of aryl methyl sites for hydroxylation is 1. The van der Waals surface area contributed by atoms with Gasteiger partial charge in [-0.05, 0) is 19.3 Å². The summed E-state index contributed by atoms with van der Waals surface area (Å²) in [5.74, 6) is 0.718. The SMILES string of the molecule is CCc1nc(C2CC2)sc1-c1nnc(NC)s1. The van der Waals surface area contributed by atoms with Crippen molar-refractivity contribution in [2.24, 2.45) is 0 Å². The van der Waals surface area contributed by atoms with Crippen molar-refractivity contribution in [1.29, 1.82) is 0 Å². The molecular weight excluding hydrogens is 252 g/mol. The maximum atomic E-state index is 4.74. The van der Waals surface area contributed by atoms with Crippen LogP contribution in [0.15, 0.2) is 0 Å². The highest BCUT2D eigenvalue weighted by molar-refractivity contribution is 7.23. The van der Waals surface area contributed by atoms with Gasteiger partial charge in [0.05, 0.1) is 15.6 Å². The number of aromatic nitrogens is 3. The van der Waals surface area contributed by atoms with Crippen LogP contribution in [0.4, 0.5) is 5.13 Å². The molecule has 1 saturated carbocycles. The minimum Gasteiger partial charge on any atom is -0.363 e. The first-order valence-electron chi connectivity index (χ1n) is 5.83. The predicted molar refractivity (Wildman–Crippen MR) is 71.9 cm³/mol. The molecule has 0 bridgehead atoms. The highest BCUT2D eigenvalue weighted by Gasteiger charge is 2.29. The Balaban J connectivity index is 1.99. The molecule has 0 saturated heterocycles. The lowest BCUT2D eigenvalue weighted by atomic mass is 10.3. The van der Waals surface area contributed by atoms with Crippen LogP contribution in [-0.2, 0) is 6.42 Å². The molecule has 0 aliphatic heterocycles. The van der Waals surface area contributed by atoms with Gasteiger partial charge in [-0.2, -0.15) is 0 Å². The summed E-state index contributed by atoms with van der Waals surface area (Å²) in [6, 6.07) is 0. The van der Waals surface area contributed by atoms with Crippen molar-refractivity contribution in [2.45, 2.75) is 32.1 Å². The molecule has 1 N–H and O–H groups in total. The van der Waals surface area contributed by atoms with Gasteiger partial charge in [-0.1, -0.05) is 18.3 Å². The van der Waals surface area contributed by atoms with E-state index in [4.69, 9.17) is 4.98 Å². The summed E-state index contributed by atoms with van der Waals surface area (Å²) in [6.45, 7) is 2.15. The van der Waals surface area contributed by atoms with Gasteiger partial charge in [-0.15, -0.1) is 21.5 Å². The Hall–Kier alpha value is -1.01. The minimum absolute atomic E-state index is 0.718. The molecule has 4 nitrogen and oxygen atoms in total. The van der Waals surface area contributed by atoms with E-state index in [2.05, 4.69) is 22.4 Å². The molecule has 0 amide bonds. The average molecular weight is 266 g/mol. The first-order chi connectivity index (χ1) is 8.31. The predicted octanol–water partition coefficient (Wildman–Crippen LogP) is 3.14. The monoisotopic (exact) mass is 266 g/mol. The maximum absolute atomic E-state index is 4.74. The van der Waals surface area contributed by atoms with Crippen LogP contribution < -0.4 is 5.32 Å². The second-order valence-electron chi connectivity index (χ2n) is 4.12. The van der Waals surface area contributed by atoms with E-state index in [1.165, 1.54) is 28.4 Å². The zero-order valence-corrected chi connectivity index (χ0v) is 11.5. The van der Waals surface area contributed by atoms with E-state index in [1.54, 1.807) is 22.7 Å². The lowest BCUT2D eigenvalue weighted by Crippen LogP contribution is -1.85. The van der Waals surface area contributed by atoms with Crippen molar-refractivity contribution in [3.63, 3.8) is 0 Å². The molecule has 0 spiro atoms. The van der Waals surface area contributed by atoms with Crippen LogP contribution >= 0.6 is 22.7 Å². The lowest BCUT2D eigenvalue weighted by molar-refractivity contribution is 0.995. The Morgan fingerprint density at radius 1 is 1.29 bits per heavy atom. The van der Waals surface area contributed by atoms with Crippen LogP contribution in [0.2, 0.25) is 0 Å². The molecule has 0 unspecified atom stereocenters. The lowest BCUT2D eigenvalue weighted by Gasteiger charge is -1.92. The van der Waals surface area contributed by atoms with Crippen molar-refractivity contribution in [1.82, 2.24) is 15.2 Å². The van der Waals surface area contributed by atoms with Crippen LogP contribution in [-0.4, -0.2) is 22.2 Å². The first kappa shape index (κ1) is 11.1. The quantitative estimate of drug-likeness (QED) is 0.923. The van der Waals surface area contributed by atoms with Crippen molar-refractivity contribution in [3.05, 3.63) is 10.7 Å². The molecule has 0 radical (unpaired) electrons. The Kier molecular flexibility index (Phi) is 2.84. The minimum atomic E-state index is 0.718. The van der Waals surface area contributed by atoms with Gasteiger partial charge in [0.1, 0.15) is 0 Å². The summed E-state index contributed by atoms with van der Waals surface area (Å²) < 4.78 is 0. The summed E-state index contributed by atoms with van der Waals surface area (Å²) in [4.78, 5) is 5.96. The molecule has 2 aromatic heterocycles. The number of nitrogens with one attached hydrogen (secondary N) is 1. The number of anilines is 1. The van der Waals surface area contributed by atoms with Crippen molar-refractivity contribution >= 4 is 27.8 Å². The molecule has 1 aliphatic rings. The third kappa shape index (κ3) is 2.07. The third-order valence-corrected chi connectivity index (χ3v) is 5.16. The summed E-state index contributed by atoms with van der Waals surface area (Å²) in [6.07, 6.45) is 3.56. The summed E-state index contributed by atoms with van der Waals surface area (Å²) in [5, 5.41) is 14.5. The number of rotatable bonds is 4. The third-order valence-electron chi connectivity index (χ3n) is 2.81. The Labute approximate surface area is 108 Å². The molecule has 1 aliphatic carbocycles. The molecule has 0 aromatic carbocycles. The highest BCUT2D eigenvalue weighted by Crippen LogP contribution is 2.45. The molecule has 1 fully saturated rings. The molecule has 0 atom stereocenters. The van der Waals surface area contributed by atoms with Gasteiger partial charge in [-0.25, -0.2) is 4.98 Å². The fourth-order valence-electron chi connectivity index (χ4n) is 1.70. The van der Waals surface area contributed by atoms with Gasteiger partial charge in [0.2, 0.25) is 5.13 Å². The second-order valence-corrected chi connectivity index (χ2v) is 6.13. The fourth-order valence-corrected chi connectivity index (χ4v) is 3.81. The van der Waals surface area contributed by atoms with Crippen LogP contribution in [0, 0.1) is 0 Å². The molecule has 2 heterocycles. The van der Waals surface area contributed by atoms with Gasteiger partial charge < -0.3 is 5.32 Å². The Morgan fingerprint density at radius 3 is 2.71 bits per heavy atom. The van der Waals surface area contributed by atoms with Crippen molar-refractivity contribution in [2.75, 3.05) is 12.4 Å². The second kappa shape index (κ2) is 4.34. The van der Waals surface area contributed by atoms with Crippen LogP contribution in [0.1, 0.15) is 36.4 Å². The molecule has 2 aromatic rings. The molecule has 3 rings (SSSR count).